The molecule has 0 amide bonds. The lowest BCUT2D eigenvalue weighted by molar-refractivity contribution is -0.156. The number of para-hydroxylation sites is 2. The summed E-state index contributed by atoms with van der Waals surface area (Å²) in [5.74, 6) is -0.306. The molecular weight excluding hydrogens is 487 g/mol. The van der Waals surface area contributed by atoms with E-state index >= 15 is 0 Å². The summed E-state index contributed by atoms with van der Waals surface area (Å²) in [6.45, 7) is 5.66. The monoisotopic (exact) mass is 514 g/mol. The Hall–Kier alpha value is -2.54. The number of carbonyl (C=O) groups excluding carboxylic acids is 1. The van der Waals surface area contributed by atoms with Crippen LogP contribution >= 0.6 is 22.6 Å². The van der Waals surface area contributed by atoms with Crippen LogP contribution in [0.4, 0.5) is 11.4 Å². The van der Waals surface area contributed by atoms with E-state index in [0.29, 0.717) is 0 Å². The van der Waals surface area contributed by atoms with Gasteiger partial charge in [0.1, 0.15) is 11.6 Å². The van der Waals surface area contributed by atoms with E-state index in [0.717, 1.165) is 20.5 Å². The fraction of sp³-hybridized carbons (Fsp3) is 0.240. The predicted molar refractivity (Wildman–Crippen MR) is 132 cm³/mol. The molecule has 0 saturated carbocycles. The number of hydrogen-bond donors (Lipinski definition) is 2. The van der Waals surface area contributed by atoms with Crippen LogP contribution in [0.5, 0.6) is 0 Å². The maximum absolute atomic E-state index is 13.4. The van der Waals surface area contributed by atoms with Crippen LogP contribution in [0.15, 0.2) is 84.9 Å². The smallest absolute Gasteiger partial charge is 0.331 e. The third kappa shape index (κ3) is 6.23. The number of esters is 1. The minimum atomic E-state index is -0.636. The molecule has 0 aromatic heterocycles. The van der Waals surface area contributed by atoms with Crippen molar-refractivity contribution < 1.29 is 9.53 Å². The van der Waals surface area contributed by atoms with Crippen molar-refractivity contribution in [2.24, 2.45) is 0 Å². The van der Waals surface area contributed by atoms with E-state index in [1.54, 1.807) is 0 Å². The summed E-state index contributed by atoms with van der Waals surface area (Å²) in [7, 11) is 0. The van der Waals surface area contributed by atoms with Gasteiger partial charge in [-0.2, -0.15) is 0 Å². The molecule has 0 saturated heterocycles. The van der Waals surface area contributed by atoms with E-state index in [2.05, 4.69) is 33.2 Å². The summed E-state index contributed by atoms with van der Waals surface area (Å²) in [5, 5.41) is 6.98. The van der Waals surface area contributed by atoms with Crippen LogP contribution in [0.2, 0.25) is 0 Å². The normalized spacial score (nSPS) is 13.2. The van der Waals surface area contributed by atoms with Gasteiger partial charge in [0.15, 0.2) is 0 Å². The number of nitrogens with one attached hydrogen (secondary N) is 2. The number of benzene rings is 3. The molecule has 0 spiro atoms. The van der Waals surface area contributed by atoms with E-state index in [1.807, 2.05) is 106 Å². The molecule has 5 heteroatoms. The fourth-order valence-electron chi connectivity index (χ4n) is 3.12. The minimum absolute atomic E-state index is 0.306. The standard InChI is InChI=1S/C25H27IN2O2/c1-25(2,3)30-24(29)23(28-21-17-11-10-16-20(21)26)22(18-12-6-4-7-13-18)27-19-14-8-5-9-15-19/h4-17,22-23,27-28H,1-3H3/t22-,23-/m0/s1. The van der Waals surface area contributed by atoms with Crippen LogP contribution < -0.4 is 10.6 Å². The van der Waals surface area contributed by atoms with Gasteiger partial charge in [0.25, 0.3) is 0 Å². The van der Waals surface area contributed by atoms with Gasteiger partial charge in [-0.05, 0) is 73.2 Å². The number of carbonyl (C=O) groups is 1. The first kappa shape index (κ1) is 22.2. The van der Waals surface area contributed by atoms with Crippen molar-refractivity contribution in [1.82, 2.24) is 0 Å². The molecule has 0 heterocycles. The topological polar surface area (TPSA) is 50.4 Å². The molecule has 0 bridgehead atoms. The summed E-state index contributed by atoms with van der Waals surface area (Å²) in [5.41, 5.74) is 2.24. The van der Waals surface area contributed by atoms with Gasteiger partial charge in [0, 0.05) is 14.9 Å². The molecule has 3 rings (SSSR count). The highest BCUT2D eigenvalue weighted by atomic mass is 127. The Morgan fingerprint density at radius 2 is 1.40 bits per heavy atom. The number of halogens is 1. The van der Waals surface area contributed by atoms with E-state index < -0.39 is 11.6 Å². The zero-order chi connectivity index (χ0) is 21.6. The predicted octanol–water partition coefficient (Wildman–Crippen LogP) is 6.27. The second kappa shape index (κ2) is 9.98. The zero-order valence-corrected chi connectivity index (χ0v) is 19.6. The summed E-state index contributed by atoms with van der Waals surface area (Å²) in [4.78, 5) is 13.4. The van der Waals surface area contributed by atoms with Crippen LogP contribution in [0.1, 0.15) is 32.4 Å². The Kier molecular flexibility index (Phi) is 7.37. The van der Waals surface area contributed by atoms with Gasteiger partial charge in [0.05, 0.1) is 6.04 Å². The first-order valence-corrected chi connectivity index (χ1v) is 11.0. The lowest BCUT2D eigenvalue weighted by Gasteiger charge is -2.32. The molecule has 0 aliphatic heterocycles. The van der Waals surface area contributed by atoms with E-state index in [4.69, 9.17) is 4.74 Å². The van der Waals surface area contributed by atoms with Gasteiger partial charge in [-0.25, -0.2) is 4.79 Å². The largest absolute Gasteiger partial charge is 0.458 e. The summed E-state index contributed by atoms with van der Waals surface area (Å²) in [6, 6.07) is 26.8. The third-order valence-corrected chi connectivity index (χ3v) is 5.37. The number of anilines is 2. The van der Waals surface area contributed by atoms with Crippen molar-refractivity contribution in [3.05, 3.63) is 94.1 Å². The molecule has 0 fully saturated rings. The first-order chi connectivity index (χ1) is 14.3. The average Bonchev–Trinajstić information content (AvgIpc) is 2.72. The molecule has 156 valence electrons. The van der Waals surface area contributed by atoms with Crippen molar-refractivity contribution in [1.29, 1.82) is 0 Å². The van der Waals surface area contributed by atoms with E-state index in [-0.39, 0.29) is 12.0 Å². The molecule has 2 N–H and O–H groups in total. The van der Waals surface area contributed by atoms with Crippen LogP contribution in [-0.2, 0) is 9.53 Å². The van der Waals surface area contributed by atoms with Crippen LogP contribution in [0, 0.1) is 3.57 Å². The van der Waals surface area contributed by atoms with Gasteiger partial charge in [-0.3, -0.25) is 0 Å². The van der Waals surface area contributed by atoms with Crippen LogP contribution in [0.3, 0.4) is 0 Å². The highest BCUT2D eigenvalue weighted by Crippen LogP contribution is 2.29. The molecule has 3 aromatic rings. The lowest BCUT2D eigenvalue weighted by Crippen LogP contribution is -2.43. The molecule has 0 aliphatic carbocycles. The Morgan fingerprint density at radius 1 is 0.833 bits per heavy atom. The minimum Gasteiger partial charge on any atom is -0.458 e. The van der Waals surface area contributed by atoms with Gasteiger partial charge in [-0.1, -0.05) is 60.7 Å². The summed E-state index contributed by atoms with van der Waals surface area (Å²) < 4.78 is 6.85. The fourth-order valence-corrected chi connectivity index (χ4v) is 3.67. The molecule has 0 unspecified atom stereocenters. The van der Waals surface area contributed by atoms with Gasteiger partial charge >= 0.3 is 5.97 Å². The molecule has 0 aliphatic rings. The highest BCUT2D eigenvalue weighted by molar-refractivity contribution is 14.1. The van der Waals surface area contributed by atoms with Crippen LogP contribution in [0.25, 0.3) is 0 Å². The second-order valence-corrected chi connectivity index (χ2v) is 9.20. The zero-order valence-electron chi connectivity index (χ0n) is 17.4. The van der Waals surface area contributed by atoms with Crippen molar-refractivity contribution in [2.45, 2.75) is 38.5 Å². The third-order valence-electron chi connectivity index (χ3n) is 4.43. The highest BCUT2D eigenvalue weighted by Gasteiger charge is 2.34. The molecule has 3 aromatic carbocycles. The Bertz CT molecular complexity index is 956. The number of hydrogen-bond acceptors (Lipinski definition) is 4. The van der Waals surface area contributed by atoms with E-state index in [1.165, 1.54) is 0 Å². The average molecular weight is 514 g/mol. The molecule has 30 heavy (non-hydrogen) atoms. The number of ether oxygens (including phenoxy) is 1. The molecule has 4 nitrogen and oxygen atoms in total. The maximum Gasteiger partial charge on any atom is 0.331 e. The molecular formula is C25H27IN2O2. The Balaban J connectivity index is 2.02. The van der Waals surface area contributed by atoms with E-state index in [9.17, 15) is 4.79 Å². The Morgan fingerprint density at radius 3 is 2.00 bits per heavy atom. The Labute approximate surface area is 192 Å². The van der Waals surface area contributed by atoms with Crippen molar-refractivity contribution in [3.63, 3.8) is 0 Å². The first-order valence-electron chi connectivity index (χ1n) is 9.94. The maximum atomic E-state index is 13.4. The van der Waals surface area contributed by atoms with Gasteiger partial charge in [-0.15, -0.1) is 0 Å². The quantitative estimate of drug-likeness (QED) is 0.289. The SMILES string of the molecule is CC(C)(C)OC(=O)[C@@H](Nc1ccccc1I)[C@@H](Nc1ccccc1)c1ccccc1. The van der Waals surface area contributed by atoms with Gasteiger partial charge in [0.2, 0.25) is 0 Å². The van der Waals surface area contributed by atoms with Gasteiger partial charge < -0.3 is 15.4 Å². The summed E-state index contributed by atoms with van der Waals surface area (Å²) >= 11 is 2.27. The molecule has 2 atom stereocenters. The molecule has 0 radical (unpaired) electrons. The van der Waals surface area contributed by atoms with Crippen molar-refractivity contribution in [2.75, 3.05) is 10.6 Å². The van der Waals surface area contributed by atoms with Crippen LogP contribution in [-0.4, -0.2) is 17.6 Å². The lowest BCUT2D eigenvalue weighted by atomic mass is 9.97. The summed E-state index contributed by atoms with van der Waals surface area (Å²) in [6.07, 6.45) is 0. The van der Waals surface area contributed by atoms with Crippen molar-refractivity contribution >= 4 is 39.9 Å². The number of rotatable bonds is 7. The van der Waals surface area contributed by atoms with Crippen molar-refractivity contribution in [3.8, 4) is 0 Å². The second-order valence-electron chi connectivity index (χ2n) is 8.03.